The van der Waals surface area contributed by atoms with E-state index in [-0.39, 0.29) is 18.9 Å². The average Bonchev–Trinajstić information content (AvgIpc) is 2.95. The number of rotatable bonds is 4. The molecular weight excluding hydrogens is 302 g/mol. The lowest BCUT2D eigenvalue weighted by Crippen LogP contribution is -2.41. The van der Waals surface area contributed by atoms with Crippen molar-refractivity contribution in [3.63, 3.8) is 0 Å². The fraction of sp³-hybridized carbons (Fsp3) is 0.500. The third-order valence-corrected chi connectivity index (χ3v) is 4.01. The lowest BCUT2D eigenvalue weighted by molar-refractivity contribution is -0.145. The highest BCUT2D eigenvalue weighted by Gasteiger charge is 2.40. The van der Waals surface area contributed by atoms with Gasteiger partial charge in [0.05, 0.1) is 27.4 Å². The summed E-state index contributed by atoms with van der Waals surface area (Å²) in [5, 5.41) is 9.80. The lowest BCUT2D eigenvalue weighted by Gasteiger charge is -2.23. The fourth-order valence-corrected chi connectivity index (χ4v) is 2.77. The van der Waals surface area contributed by atoms with Crippen LogP contribution in [0.2, 0.25) is 0 Å². The summed E-state index contributed by atoms with van der Waals surface area (Å²) in [6, 6.07) is 2.40. The predicted octanol–water partition coefficient (Wildman–Crippen LogP) is 0.761. The molecule has 23 heavy (non-hydrogen) atoms. The molecule has 0 bridgehead atoms. The average molecular weight is 323 g/mol. The molecule has 1 heterocycles. The molecule has 1 aliphatic rings. The summed E-state index contributed by atoms with van der Waals surface area (Å²) in [6.07, 6.45) is -0.587. The minimum Gasteiger partial charge on any atom is -0.496 e. The van der Waals surface area contributed by atoms with E-state index in [9.17, 15) is 14.7 Å². The molecule has 7 nitrogen and oxygen atoms in total. The summed E-state index contributed by atoms with van der Waals surface area (Å²) in [4.78, 5) is 25.9. The highest BCUT2D eigenvalue weighted by molar-refractivity contribution is 5.98. The van der Waals surface area contributed by atoms with E-state index in [1.165, 1.54) is 26.2 Å². The molecule has 1 amide bonds. The number of esters is 1. The van der Waals surface area contributed by atoms with Gasteiger partial charge in [-0.15, -0.1) is 0 Å². The second-order valence-corrected chi connectivity index (χ2v) is 5.39. The van der Waals surface area contributed by atoms with Crippen molar-refractivity contribution in [2.24, 2.45) is 0 Å². The number of hydrogen-bond acceptors (Lipinski definition) is 6. The molecule has 1 aromatic rings. The van der Waals surface area contributed by atoms with Crippen molar-refractivity contribution >= 4 is 11.9 Å². The SMILES string of the molecule is COC(=O)[C@@H]1C[C@@H](O)CN1C(=O)c1cc(OC)c(C)c(OC)c1. The van der Waals surface area contributed by atoms with Crippen molar-refractivity contribution in [3.8, 4) is 11.5 Å². The van der Waals surface area contributed by atoms with Gasteiger partial charge in [0.25, 0.3) is 5.91 Å². The van der Waals surface area contributed by atoms with Gasteiger partial charge in [-0.2, -0.15) is 0 Å². The van der Waals surface area contributed by atoms with Crippen LogP contribution in [-0.2, 0) is 9.53 Å². The maximum absolute atomic E-state index is 12.8. The molecule has 2 rings (SSSR count). The third kappa shape index (κ3) is 3.24. The first-order valence-corrected chi connectivity index (χ1v) is 7.22. The summed E-state index contributed by atoms with van der Waals surface area (Å²) >= 11 is 0. The molecule has 1 aromatic carbocycles. The molecule has 0 unspecified atom stereocenters. The van der Waals surface area contributed by atoms with Gasteiger partial charge >= 0.3 is 5.97 Å². The van der Waals surface area contributed by atoms with E-state index < -0.39 is 18.1 Å². The van der Waals surface area contributed by atoms with Crippen LogP contribution in [0.25, 0.3) is 0 Å². The first-order chi connectivity index (χ1) is 10.9. The van der Waals surface area contributed by atoms with Crippen LogP contribution < -0.4 is 9.47 Å². The maximum atomic E-state index is 12.8. The van der Waals surface area contributed by atoms with E-state index in [2.05, 4.69) is 0 Å². The van der Waals surface area contributed by atoms with Crippen molar-refractivity contribution in [1.29, 1.82) is 0 Å². The van der Waals surface area contributed by atoms with Crippen molar-refractivity contribution in [1.82, 2.24) is 4.90 Å². The molecule has 0 aliphatic carbocycles. The quantitative estimate of drug-likeness (QED) is 0.824. The molecule has 0 radical (unpaired) electrons. The number of methoxy groups -OCH3 is 3. The van der Waals surface area contributed by atoms with E-state index in [0.717, 1.165) is 5.56 Å². The van der Waals surface area contributed by atoms with Gasteiger partial charge in [0.1, 0.15) is 17.5 Å². The zero-order chi connectivity index (χ0) is 17.1. The normalized spacial score (nSPS) is 20.3. The van der Waals surface area contributed by atoms with Gasteiger partial charge in [0, 0.05) is 24.1 Å². The fourth-order valence-electron chi connectivity index (χ4n) is 2.77. The highest BCUT2D eigenvalue weighted by Crippen LogP contribution is 2.31. The van der Waals surface area contributed by atoms with Gasteiger partial charge in [-0.05, 0) is 19.1 Å². The monoisotopic (exact) mass is 323 g/mol. The van der Waals surface area contributed by atoms with Crippen LogP contribution in [-0.4, -0.2) is 61.9 Å². The van der Waals surface area contributed by atoms with Gasteiger partial charge in [-0.1, -0.05) is 0 Å². The van der Waals surface area contributed by atoms with E-state index in [1.807, 2.05) is 6.92 Å². The summed E-state index contributed by atoms with van der Waals surface area (Å²) in [6.45, 7) is 1.90. The zero-order valence-electron chi connectivity index (χ0n) is 13.7. The second-order valence-electron chi connectivity index (χ2n) is 5.39. The first kappa shape index (κ1) is 17.1. The highest BCUT2D eigenvalue weighted by atomic mass is 16.5. The lowest BCUT2D eigenvalue weighted by atomic mass is 10.1. The number of aliphatic hydroxyl groups is 1. The van der Waals surface area contributed by atoms with Gasteiger partial charge in [0.15, 0.2) is 0 Å². The smallest absolute Gasteiger partial charge is 0.328 e. The topological polar surface area (TPSA) is 85.3 Å². The number of β-amino-alcohol motifs (C(OH)–C–C–N with tert-alkyl or cyclic N) is 1. The largest absolute Gasteiger partial charge is 0.496 e. The molecule has 7 heteroatoms. The van der Waals surface area contributed by atoms with Gasteiger partial charge in [-0.25, -0.2) is 4.79 Å². The molecule has 0 aromatic heterocycles. The van der Waals surface area contributed by atoms with Crippen LogP contribution in [0.4, 0.5) is 0 Å². The third-order valence-electron chi connectivity index (χ3n) is 4.01. The number of hydrogen-bond donors (Lipinski definition) is 1. The molecule has 0 saturated carbocycles. The molecular formula is C16H21NO6. The molecule has 1 N–H and O–H groups in total. The number of carbonyl (C=O) groups excluding carboxylic acids is 2. The summed E-state index contributed by atoms with van der Waals surface area (Å²) < 4.78 is 15.2. The van der Waals surface area contributed by atoms with E-state index in [4.69, 9.17) is 14.2 Å². The van der Waals surface area contributed by atoms with E-state index in [0.29, 0.717) is 17.1 Å². The van der Waals surface area contributed by atoms with E-state index >= 15 is 0 Å². The number of aliphatic hydroxyl groups excluding tert-OH is 1. The van der Waals surface area contributed by atoms with Gasteiger partial charge in [0.2, 0.25) is 0 Å². The number of carbonyl (C=O) groups is 2. The van der Waals surface area contributed by atoms with E-state index in [1.54, 1.807) is 12.1 Å². The number of nitrogens with zero attached hydrogens (tertiary/aromatic N) is 1. The Kier molecular flexibility index (Phi) is 5.10. The van der Waals surface area contributed by atoms with Crippen LogP contribution in [0.15, 0.2) is 12.1 Å². The number of benzene rings is 1. The Morgan fingerprint density at radius 1 is 1.17 bits per heavy atom. The van der Waals surface area contributed by atoms with Gasteiger partial charge < -0.3 is 24.2 Å². The van der Waals surface area contributed by atoms with Crippen molar-refractivity contribution in [2.75, 3.05) is 27.9 Å². The minimum absolute atomic E-state index is 0.0805. The minimum atomic E-state index is -0.791. The number of amides is 1. The molecule has 1 aliphatic heterocycles. The Morgan fingerprint density at radius 3 is 2.22 bits per heavy atom. The zero-order valence-corrected chi connectivity index (χ0v) is 13.7. The maximum Gasteiger partial charge on any atom is 0.328 e. The second kappa shape index (κ2) is 6.87. The molecule has 1 saturated heterocycles. The Labute approximate surface area is 134 Å². The predicted molar refractivity (Wildman–Crippen MR) is 81.7 cm³/mol. The summed E-state index contributed by atoms with van der Waals surface area (Å²) in [5.74, 6) is 0.110. The molecule has 2 atom stereocenters. The van der Waals surface area contributed by atoms with Crippen LogP contribution >= 0.6 is 0 Å². The first-order valence-electron chi connectivity index (χ1n) is 7.22. The van der Waals surface area contributed by atoms with Crippen molar-refractivity contribution < 1.29 is 28.9 Å². The van der Waals surface area contributed by atoms with Gasteiger partial charge in [-0.3, -0.25) is 4.79 Å². The van der Waals surface area contributed by atoms with Crippen LogP contribution in [0.3, 0.4) is 0 Å². The molecule has 126 valence electrons. The van der Waals surface area contributed by atoms with Crippen LogP contribution in [0.5, 0.6) is 11.5 Å². The molecule has 1 fully saturated rings. The Morgan fingerprint density at radius 2 is 1.74 bits per heavy atom. The summed E-state index contributed by atoms with van der Waals surface area (Å²) in [5.41, 5.74) is 1.10. The van der Waals surface area contributed by atoms with Crippen LogP contribution in [0.1, 0.15) is 22.3 Å². The van der Waals surface area contributed by atoms with Crippen molar-refractivity contribution in [3.05, 3.63) is 23.3 Å². The number of likely N-dealkylation sites (tertiary alicyclic amines) is 1. The molecule has 0 spiro atoms. The Bertz CT molecular complexity index is 590. The van der Waals surface area contributed by atoms with Crippen LogP contribution in [0, 0.1) is 6.92 Å². The number of ether oxygens (including phenoxy) is 3. The Balaban J connectivity index is 2.37. The Hall–Kier alpha value is -2.28. The van der Waals surface area contributed by atoms with Crippen molar-refractivity contribution in [2.45, 2.75) is 25.5 Å². The standard InChI is InChI=1S/C16H21NO6/c1-9-13(21-2)5-10(6-14(9)22-3)15(19)17-8-11(18)7-12(17)16(20)23-4/h5-6,11-12,18H,7-8H2,1-4H3/t11-,12+/m1/s1. The summed E-state index contributed by atoms with van der Waals surface area (Å²) in [7, 11) is 4.27.